The molecule has 7 nitrogen and oxygen atoms in total. The Balaban J connectivity index is 1.48. The fourth-order valence-electron chi connectivity index (χ4n) is 4.49. The number of carbonyl (C=O) groups is 1. The van der Waals surface area contributed by atoms with Crippen LogP contribution in [0.3, 0.4) is 0 Å². The summed E-state index contributed by atoms with van der Waals surface area (Å²) >= 11 is 0. The molecule has 0 aliphatic carbocycles. The Kier molecular flexibility index (Phi) is 7.04. The predicted molar refractivity (Wildman–Crippen MR) is 115 cm³/mol. The number of hydrogen-bond acceptors (Lipinski definition) is 5. The van der Waals surface area contributed by atoms with Gasteiger partial charge in [-0.2, -0.15) is 13.2 Å². The van der Waals surface area contributed by atoms with E-state index < -0.39 is 11.7 Å². The highest BCUT2D eigenvalue weighted by atomic mass is 19.4. The van der Waals surface area contributed by atoms with E-state index in [4.69, 9.17) is 4.74 Å². The van der Waals surface area contributed by atoms with Gasteiger partial charge in [0.05, 0.1) is 24.1 Å². The molecule has 2 unspecified atom stereocenters. The molecular weight excluding hydrogens is 435 g/mol. The first kappa shape index (κ1) is 23.7. The lowest BCUT2D eigenvalue weighted by atomic mass is 10.0. The molecule has 0 radical (unpaired) electrons. The number of ether oxygens (including phenoxy) is 1. The number of rotatable bonds is 6. The van der Waals surface area contributed by atoms with Crippen molar-refractivity contribution in [3.63, 3.8) is 0 Å². The Bertz CT molecular complexity index is 969. The second kappa shape index (κ2) is 9.80. The molecule has 2 aliphatic rings. The molecular formula is C23H30F3N5O2. The van der Waals surface area contributed by atoms with Crippen LogP contribution in [0.2, 0.25) is 0 Å². The third kappa shape index (κ3) is 5.38. The summed E-state index contributed by atoms with van der Waals surface area (Å²) in [5.74, 6) is 1.40. The molecule has 1 amide bonds. The van der Waals surface area contributed by atoms with E-state index in [0.29, 0.717) is 51.5 Å². The first-order valence-corrected chi connectivity index (χ1v) is 11.4. The molecule has 1 aromatic carbocycles. The molecule has 0 saturated carbocycles. The van der Waals surface area contributed by atoms with E-state index in [-0.39, 0.29) is 35.9 Å². The van der Waals surface area contributed by atoms with Gasteiger partial charge in [-0.25, -0.2) is 0 Å². The van der Waals surface area contributed by atoms with Gasteiger partial charge in [-0.15, -0.1) is 10.2 Å². The first-order chi connectivity index (χ1) is 15.7. The normalized spacial score (nSPS) is 20.5. The maximum absolute atomic E-state index is 13.4. The van der Waals surface area contributed by atoms with Crippen LogP contribution in [0.5, 0.6) is 0 Å². The monoisotopic (exact) mass is 465 g/mol. The number of amides is 1. The van der Waals surface area contributed by atoms with Gasteiger partial charge in [0.25, 0.3) is 0 Å². The van der Waals surface area contributed by atoms with Gasteiger partial charge in [-0.05, 0) is 24.0 Å². The Morgan fingerprint density at radius 3 is 2.70 bits per heavy atom. The van der Waals surface area contributed by atoms with E-state index in [1.165, 1.54) is 12.1 Å². The van der Waals surface area contributed by atoms with Gasteiger partial charge < -0.3 is 14.6 Å². The third-order valence-electron chi connectivity index (χ3n) is 6.41. The molecule has 4 rings (SSSR count). The van der Waals surface area contributed by atoms with Crippen molar-refractivity contribution in [3.05, 3.63) is 47.0 Å². The summed E-state index contributed by atoms with van der Waals surface area (Å²) in [6.07, 6.45) is -3.08. The molecule has 1 fully saturated rings. The molecule has 3 heterocycles. The topological polar surface area (TPSA) is 72.3 Å². The summed E-state index contributed by atoms with van der Waals surface area (Å²) < 4.78 is 47.6. The Morgan fingerprint density at radius 1 is 1.21 bits per heavy atom. The Hall–Kier alpha value is -2.46. The lowest BCUT2D eigenvalue weighted by Gasteiger charge is -2.25. The maximum atomic E-state index is 13.4. The Morgan fingerprint density at radius 2 is 2.00 bits per heavy atom. The first-order valence-electron chi connectivity index (χ1n) is 11.4. The molecule has 1 aromatic heterocycles. The number of alkyl halides is 3. The molecule has 0 bridgehead atoms. The minimum Gasteiger partial charge on any atom is -0.381 e. The van der Waals surface area contributed by atoms with E-state index in [1.54, 1.807) is 6.07 Å². The van der Waals surface area contributed by atoms with Crippen molar-refractivity contribution in [3.8, 4) is 0 Å². The van der Waals surface area contributed by atoms with Gasteiger partial charge in [-0.1, -0.05) is 32.0 Å². The molecule has 0 spiro atoms. The SMILES string of the molecule is CC(C)C(NC(=O)C1CCOC1)c1nnc2n1CCN(Cc1ccccc1C(F)(F)F)CC2. The zero-order valence-corrected chi connectivity index (χ0v) is 18.9. The number of nitrogens with one attached hydrogen (secondary N) is 1. The number of benzene rings is 1. The summed E-state index contributed by atoms with van der Waals surface area (Å²) in [5, 5.41) is 11.9. The number of nitrogens with zero attached hydrogens (tertiary/aromatic N) is 4. The van der Waals surface area contributed by atoms with E-state index in [2.05, 4.69) is 15.5 Å². The summed E-state index contributed by atoms with van der Waals surface area (Å²) in [6, 6.07) is 5.43. The van der Waals surface area contributed by atoms with Crippen molar-refractivity contribution in [2.24, 2.45) is 11.8 Å². The van der Waals surface area contributed by atoms with Crippen LogP contribution in [0.15, 0.2) is 24.3 Å². The van der Waals surface area contributed by atoms with Gasteiger partial charge in [0.1, 0.15) is 5.82 Å². The lowest BCUT2D eigenvalue weighted by Crippen LogP contribution is -2.38. The standard InChI is InChI=1S/C23H30F3N5O2/c1-15(2)20(27-22(32)17-8-12-33-14-17)21-29-28-19-7-9-30(10-11-31(19)21)13-16-5-3-4-6-18(16)23(24,25)26/h3-6,15,17,20H,7-14H2,1-2H3,(H,27,32). The van der Waals surface area contributed by atoms with Crippen LogP contribution in [-0.2, 0) is 35.2 Å². The number of fused-ring (bicyclic) bond motifs is 1. The van der Waals surface area contributed by atoms with Crippen molar-refractivity contribution in [1.29, 1.82) is 0 Å². The molecule has 2 atom stereocenters. The summed E-state index contributed by atoms with van der Waals surface area (Å²) in [6.45, 7) is 7.00. The predicted octanol–water partition coefficient (Wildman–Crippen LogP) is 3.21. The van der Waals surface area contributed by atoms with E-state index >= 15 is 0 Å². The lowest BCUT2D eigenvalue weighted by molar-refractivity contribution is -0.138. The highest BCUT2D eigenvalue weighted by molar-refractivity contribution is 5.79. The summed E-state index contributed by atoms with van der Waals surface area (Å²) in [7, 11) is 0. The van der Waals surface area contributed by atoms with Crippen LogP contribution in [0.4, 0.5) is 13.2 Å². The molecule has 2 aliphatic heterocycles. The van der Waals surface area contributed by atoms with Crippen molar-refractivity contribution in [2.45, 2.75) is 52.0 Å². The quantitative estimate of drug-likeness (QED) is 0.710. The second-order valence-corrected chi connectivity index (χ2v) is 9.10. The molecule has 1 saturated heterocycles. The molecule has 10 heteroatoms. The molecule has 33 heavy (non-hydrogen) atoms. The summed E-state index contributed by atoms with van der Waals surface area (Å²) in [4.78, 5) is 14.7. The number of hydrogen-bond donors (Lipinski definition) is 1. The average molecular weight is 466 g/mol. The van der Waals surface area contributed by atoms with Crippen molar-refractivity contribution in [2.75, 3.05) is 26.3 Å². The van der Waals surface area contributed by atoms with Crippen LogP contribution >= 0.6 is 0 Å². The Labute approximate surface area is 191 Å². The van der Waals surface area contributed by atoms with Crippen LogP contribution in [0.1, 0.15) is 49.1 Å². The molecule has 180 valence electrons. The van der Waals surface area contributed by atoms with Crippen molar-refractivity contribution < 1.29 is 22.7 Å². The zero-order valence-electron chi connectivity index (χ0n) is 18.9. The average Bonchev–Trinajstić information content (AvgIpc) is 3.40. The number of carbonyl (C=O) groups excluding carboxylic acids is 1. The highest BCUT2D eigenvalue weighted by Crippen LogP contribution is 2.32. The fraction of sp³-hybridized carbons (Fsp3) is 0.609. The van der Waals surface area contributed by atoms with E-state index in [0.717, 1.165) is 11.9 Å². The molecule has 1 N–H and O–H groups in total. The number of aromatic nitrogens is 3. The van der Waals surface area contributed by atoms with Gasteiger partial charge in [-0.3, -0.25) is 9.69 Å². The van der Waals surface area contributed by atoms with Gasteiger partial charge >= 0.3 is 6.18 Å². The maximum Gasteiger partial charge on any atom is 0.416 e. The van der Waals surface area contributed by atoms with Gasteiger partial charge in [0.2, 0.25) is 5.91 Å². The minimum absolute atomic E-state index is 0.0393. The van der Waals surface area contributed by atoms with Crippen LogP contribution in [0.25, 0.3) is 0 Å². The smallest absolute Gasteiger partial charge is 0.381 e. The van der Waals surface area contributed by atoms with E-state index in [1.807, 2.05) is 23.3 Å². The highest BCUT2D eigenvalue weighted by Gasteiger charge is 2.34. The van der Waals surface area contributed by atoms with Gasteiger partial charge in [0.15, 0.2) is 5.82 Å². The third-order valence-corrected chi connectivity index (χ3v) is 6.41. The fourth-order valence-corrected chi connectivity index (χ4v) is 4.49. The minimum atomic E-state index is -4.38. The van der Waals surface area contributed by atoms with Crippen molar-refractivity contribution >= 4 is 5.91 Å². The zero-order chi connectivity index (χ0) is 23.6. The number of halogens is 3. The summed E-state index contributed by atoms with van der Waals surface area (Å²) in [5.41, 5.74) is -0.318. The van der Waals surface area contributed by atoms with Crippen molar-refractivity contribution in [1.82, 2.24) is 25.0 Å². The van der Waals surface area contributed by atoms with E-state index in [9.17, 15) is 18.0 Å². The largest absolute Gasteiger partial charge is 0.416 e. The second-order valence-electron chi connectivity index (χ2n) is 9.10. The van der Waals surface area contributed by atoms with Crippen LogP contribution in [-0.4, -0.2) is 51.9 Å². The van der Waals surface area contributed by atoms with Crippen LogP contribution < -0.4 is 5.32 Å². The van der Waals surface area contributed by atoms with Crippen LogP contribution in [0, 0.1) is 11.8 Å². The molecule has 2 aromatic rings. The van der Waals surface area contributed by atoms with Gasteiger partial charge in [0, 0.05) is 39.2 Å².